The summed E-state index contributed by atoms with van der Waals surface area (Å²) in [4.78, 5) is 3.74. The second kappa shape index (κ2) is 4.91. The molecule has 0 fully saturated rings. The Morgan fingerprint density at radius 3 is 2.38 bits per heavy atom. The van der Waals surface area contributed by atoms with Gasteiger partial charge in [0.2, 0.25) is 0 Å². The molecule has 38 valence electrons. The molecule has 1 rings (SSSR count). The Morgan fingerprint density at radius 1 is 1.38 bits per heavy atom. The van der Waals surface area contributed by atoms with Gasteiger partial charge in [0.15, 0.2) is 0 Å². The van der Waals surface area contributed by atoms with E-state index in [9.17, 15) is 0 Å². The Kier molecular flexibility index (Phi) is 5.57. The second-order valence-electron chi connectivity index (χ2n) is 1.15. The average Bonchev–Trinajstić information content (AvgIpc) is 1.69. The van der Waals surface area contributed by atoms with Crippen LogP contribution in [0, 0.1) is 0 Å². The van der Waals surface area contributed by atoms with Crippen LogP contribution in [0.3, 0.4) is 0 Å². The van der Waals surface area contributed by atoms with Gasteiger partial charge >= 0.3 is 51.4 Å². The van der Waals surface area contributed by atoms with Crippen molar-refractivity contribution in [1.29, 1.82) is 0 Å². The minimum absolute atomic E-state index is 0. The van der Waals surface area contributed by atoms with Crippen molar-refractivity contribution in [2.75, 3.05) is 0 Å². The predicted octanol–water partition coefficient (Wildman–Crippen LogP) is 1.09. The summed E-state index contributed by atoms with van der Waals surface area (Å²) >= 11 is 5.43. The third-order valence-corrected chi connectivity index (χ3v) is 0.852. The summed E-state index contributed by atoms with van der Waals surface area (Å²) in [5.41, 5.74) is 0. The summed E-state index contributed by atoms with van der Waals surface area (Å²) in [6.45, 7) is 0. The van der Waals surface area contributed by atoms with Gasteiger partial charge in [-0.2, -0.15) is 0 Å². The van der Waals surface area contributed by atoms with E-state index in [4.69, 9.17) is 11.6 Å². The van der Waals surface area contributed by atoms with Crippen LogP contribution in [-0.2, 0) is 0 Å². The van der Waals surface area contributed by atoms with Gasteiger partial charge in [0.05, 0.1) is 0 Å². The van der Waals surface area contributed by atoms with Crippen molar-refractivity contribution in [3.63, 3.8) is 0 Å². The molecule has 1 aromatic heterocycles. The number of halogens is 1. The normalized spacial score (nSPS) is 7.62. The van der Waals surface area contributed by atoms with Crippen LogP contribution in [0.1, 0.15) is 0 Å². The zero-order chi connectivity index (χ0) is 5.11. The molecular formula is C5H5ClKN. The molecule has 0 bridgehead atoms. The first-order valence-corrected chi connectivity index (χ1v) is 2.34. The predicted molar refractivity (Wildman–Crippen MR) is 36.4 cm³/mol. The molecule has 0 aliphatic heterocycles. The summed E-state index contributed by atoms with van der Waals surface area (Å²) in [6, 6.07) is 5.41. The van der Waals surface area contributed by atoms with Crippen molar-refractivity contribution in [3.05, 3.63) is 29.5 Å². The van der Waals surface area contributed by atoms with Gasteiger partial charge < -0.3 is 0 Å². The number of hydrogen-bond acceptors (Lipinski definition) is 1. The fraction of sp³-hybridized carbons (Fsp3) is 0. The molecule has 0 amide bonds. The Balaban J connectivity index is 0.000000490. The molecule has 0 atom stereocenters. The van der Waals surface area contributed by atoms with E-state index >= 15 is 0 Å². The van der Waals surface area contributed by atoms with Crippen LogP contribution in [0.25, 0.3) is 0 Å². The zero-order valence-corrected chi connectivity index (χ0v) is 4.39. The van der Waals surface area contributed by atoms with Gasteiger partial charge in [-0.1, -0.05) is 17.7 Å². The summed E-state index contributed by atoms with van der Waals surface area (Å²) in [7, 11) is 0. The number of aromatic nitrogens is 1. The van der Waals surface area contributed by atoms with Crippen LogP contribution in [0.15, 0.2) is 24.4 Å². The Hall–Kier alpha value is 1.08. The summed E-state index contributed by atoms with van der Waals surface area (Å²) in [5, 5.41) is 0.544. The van der Waals surface area contributed by atoms with E-state index in [1.54, 1.807) is 12.3 Å². The molecule has 0 radical (unpaired) electrons. The van der Waals surface area contributed by atoms with E-state index in [2.05, 4.69) is 4.98 Å². The summed E-state index contributed by atoms with van der Waals surface area (Å²) in [6.07, 6.45) is 1.66. The second-order valence-corrected chi connectivity index (χ2v) is 1.54. The molecule has 0 aliphatic rings. The van der Waals surface area contributed by atoms with Gasteiger partial charge in [0.25, 0.3) is 0 Å². The van der Waals surface area contributed by atoms with Crippen LogP contribution in [0.4, 0.5) is 0 Å². The number of rotatable bonds is 0. The van der Waals surface area contributed by atoms with E-state index in [-0.39, 0.29) is 51.4 Å². The van der Waals surface area contributed by atoms with Crippen LogP contribution < -0.4 is 0 Å². The molecule has 0 unspecified atom stereocenters. The standard InChI is InChI=1S/C5H4ClN.K.H/c6-5-3-1-2-4-7-5;;/h1-4H;;. The quantitative estimate of drug-likeness (QED) is 0.402. The first-order valence-electron chi connectivity index (χ1n) is 1.96. The van der Waals surface area contributed by atoms with E-state index in [0.717, 1.165) is 0 Å². The molecule has 1 nitrogen and oxygen atoms in total. The fourth-order valence-corrected chi connectivity index (χ4v) is 0.471. The number of hydrogen-bond donors (Lipinski definition) is 0. The minimum atomic E-state index is 0. The molecule has 8 heavy (non-hydrogen) atoms. The van der Waals surface area contributed by atoms with E-state index in [1.807, 2.05) is 12.1 Å². The molecule has 3 heteroatoms. The van der Waals surface area contributed by atoms with Crippen LogP contribution >= 0.6 is 11.6 Å². The maximum absolute atomic E-state index is 5.43. The van der Waals surface area contributed by atoms with Crippen molar-refractivity contribution in [3.8, 4) is 0 Å². The van der Waals surface area contributed by atoms with Crippen LogP contribution in [-0.4, -0.2) is 56.4 Å². The molecule has 0 aromatic carbocycles. The Labute approximate surface area is 95.9 Å². The van der Waals surface area contributed by atoms with Crippen molar-refractivity contribution < 1.29 is 0 Å². The average molecular weight is 154 g/mol. The first kappa shape index (κ1) is 9.08. The molecule has 1 aromatic rings. The molecule has 0 saturated heterocycles. The van der Waals surface area contributed by atoms with E-state index < -0.39 is 0 Å². The van der Waals surface area contributed by atoms with Crippen molar-refractivity contribution in [1.82, 2.24) is 4.98 Å². The SMILES string of the molecule is Clc1ccccn1.[KH]. The molecule has 0 N–H and O–H groups in total. The molecule has 0 saturated carbocycles. The van der Waals surface area contributed by atoms with E-state index in [1.165, 1.54) is 0 Å². The third kappa shape index (κ3) is 3.17. The zero-order valence-electron chi connectivity index (χ0n) is 3.63. The van der Waals surface area contributed by atoms with Gasteiger partial charge in [0, 0.05) is 6.20 Å². The van der Waals surface area contributed by atoms with Crippen molar-refractivity contribution in [2.24, 2.45) is 0 Å². The van der Waals surface area contributed by atoms with Gasteiger partial charge in [0.1, 0.15) is 5.15 Å². The number of pyridine rings is 1. The van der Waals surface area contributed by atoms with E-state index in [0.29, 0.717) is 5.15 Å². The Morgan fingerprint density at radius 2 is 2.12 bits per heavy atom. The van der Waals surface area contributed by atoms with Gasteiger partial charge in [-0.05, 0) is 12.1 Å². The summed E-state index contributed by atoms with van der Waals surface area (Å²) < 4.78 is 0. The molecule has 1 heterocycles. The Bertz CT molecular complexity index is 142. The van der Waals surface area contributed by atoms with Crippen LogP contribution in [0.2, 0.25) is 5.15 Å². The van der Waals surface area contributed by atoms with Crippen molar-refractivity contribution in [2.45, 2.75) is 0 Å². The van der Waals surface area contributed by atoms with Crippen LogP contribution in [0.5, 0.6) is 0 Å². The van der Waals surface area contributed by atoms with Gasteiger partial charge in [-0.15, -0.1) is 0 Å². The molecule has 0 spiro atoms. The van der Waals surface area contributed by atoms with Gasteiger partial charge in [-0.25, -0.2) is 4.98 Å². The molecular weight excluding hydrogens is 149 g/mol. The van der Waals surface area contributed by atoms with Gasteiger partial charge in [-0.3, -0.25) is 0 Å². The monoisotopic (exact) mass is 153 g/mol. The number of nitrogens with zero attached hydrogens (tertiary/aromatic N) is 1. The topological polar surface area (TPSA) is 12.9 Å². The summed E-state index contributed by atoms with van der Waals surface area (Å²) in [5.74, 6) is 0. The molecule has 0 aliphatic carbocycles. The third-order valence-electron chi connectivity index (χ3n) is 0.629. The maximum atomic E-state index is 5.43. The first-order chi connectivity index (χ1) is 3.39. The van der Waals surface area contributed by atoms with Crippen molar-refractivity contribution >= 4 is 63.0 Å². The fourth-order valence-electron chi connectivity index (χ4n) is 0.342.